The van der Waals surface area contributed by atoms with E-state index in [4.69, 9.17) is 16.3 Å². The highest BCUT2D eigenvalue weighted by Crippen LogP contribution is 2.46. The molecule has 7 nitrogen and oxygen atoms in total. The minimum absolute atomic E-state index is 0.0992. The van der Waals surface area contributed by atoms with Gasteiger partial charge < -0.3 is 10.1 Å². The van der Waals surface area contributed by atoms with Crippen molar-refractivity contribution in [3.05, 3.63) is 83.2 Å². The molecule has 174 valence electrons. The van der Waals surface area contributed by atoms with Gasteiger partial charge in [0.2, 0.25) is 5.91 Å². The van der Waals surface area contributed by atoms with Crippen molar-refractivity contribution >= 4 is 23.5 Å². The summed E-state index contributed by atoms with van der Waals surface area (Å²) in [5.74, 6) is 4.38. The Labute approximate surface area is 208 Å². The number of nitrogens with one attached hydrogen (secondary N) is 1. The molecule has 3 heterocycles. The molecular formula is C27H23N5O2S. The number of nitrogens with zero attached hydrogens (tertiary/aromatic N) is 4. The number of terminal acetylenes is 1. The van der Waals surface area contributed by atoms with E-state index in [0.717, 1.165) is 33.8 Å². The van der Waals surface area contributed by atoms with Crippen LogP contribution in [-0.2, 0) is 4.79 Å². The number of thioether (sulfide) groups is 1. The van der Waals surface area contributed by atoms with Crippen LogP contribution in [0.25, 0.3) is 17.2 Å². The van der Waals surface area contributed by atoms with Crippen LogP contribution in [0.1, 0.15) is 27.8 Å². The fraction of sp³-hybridized carbons (Fsp3) is 0.185. The molecule has 0 bridgehead atoms. The Kier molecular flexibility index (Phi) is 6.25. The number of fused-ring (bicyclic) bond motifs is 1. The maximum atomic E-state index is 12.8. The van der Waals surface area contributed by atoms with Crippen molar-refractivity contribution < 1.29 is 9.53 Å². The third-order valence-corrected chi connectivity index (χ3v) is 6.81. The summed E-state index contributed by atoms with van der Waals surface area (Å²) >= 11 is 1.56. The number of rotatable bonds is 5. The molecule has 0 spiro atoms. The van der Waals surface area contributed by atoms with Gasteiger partial charge in [0.15, 0.2) is 0 Å². The van der Waals surface area contributed by atoms with Gasteiger partial charge in [0, 0.05) is 22.5 Å². The van der Waals surface area contributed by atoms with E-state index in [2.05, 4.69) is 21.2 Å². The third kappa shape index (κ3) is 4.63. The minimum Gasteiger partial charge on any atom is -0.481 e. The Morgan fingerprint density at radius 3 is 2.51 bits per heavy atom. The molecule has 0 saturated carbocycles. The summed E-state index contributed by atoms with van der Waals surface area (Å²) in [7, 11) is 0. The van der Waals surface area contributed by atoms with Crippen molar-refractivity contribution in [2.24, 2.45) is 0 Å². The number of ether oxygens (including phenoxy) is 1. The molecule has 5 rings (SSSR count). The van der Waals surface area contributed by atoms with Gasteiger partial charge in [-0.25, -0.2) is 9.97 Å². The topological polar surface area (TPSA) is 81.9 Å². The van der Waals surface area contributed by atoms with Crippen molar-refractivity contribution in [3.63, 3.8) is 0 Å². The SMILES string of the molecule is C#CCOc1ccc([C@@H]2SCC(=O)Nc3c2c(-c2ccccc2)nn3-c2nc(C)cc(C)n2)cc1. The molecule has 0 unspecified atom stereocenters. The molecule has 0 aliphatic carbocycles. The molecule has 2 aromatic heterocycles. The standard InChI is InChI=1S/C27H23N5O2S/c1-4-14-34-21-12-10-20(11-13-21)25-23-24(19-8-6-5-7-9-19)31-32(26(23)30-22(33)16-35-25)27-28-17(2)15-18(3)29-27/h1,5-13,15,25H,14,16H2,2-3H3,(H,30,33)/t25-/m0/s1. The highest BCUT2D eigenvalue weighted by molar-refractivity contribution is 8.00. The van der Waals surface area contributed by atoms with Crippen LogP contribution < -0.4 is 10.1 Å². The quantitative estimate of drug-likeness (QED) is 0.415. The van der Waals surface area contributed by atoms with E-state index in [1.165, 1.54) is 0 Å². The predicted octanol–water partition coefficient (Wildman–Crippen LogP) is 4.73. The summed E-state index contributed by atoms with van der Waals surface area (Å²) in [6.07, 6.45) is 5.31. The lowest BCUT2D eigenvalue weighted by molar-refractivity contribution is -0.113. The van der Waals surface area contributed by atoms with Gasteiger partial charge in [-0.1, -0.05) is 48.4 Å². The van der Waals surface area contributed by atoms with Gasteiger partial charge >= 0.3 is 0 Å². The first-order valence-corrected chi connectivity index (χ1v) is 12.2. The van der Waals surface area contributed by atoms with Crippen molar-refractivity contribution in [1.29, 1.82) is 0 Å². The lowest BCUT2D eigenvalue weighted by Crippen LogP contribution is -2.17. The molecule has 1 aliphatic rings. The molecule has 0 radical (unpaired) electrons. The monoisotopic (exact) mass is 481 g/mol. The number of hydrogen-bond donors (Lipinski definition) is 1. The van der Waals surface area contributed by atoms with Crippen LogP contribution in [-0.4, -0.2) is 38.0 Å². The molecule has 1 N–H and O–H groups in total. The second-order valence-electron chi connectivity index (χ2n) is 8.14. The number of amides is 1. The zero-order valence-corrected chi connectivity index (χ0v) is 20.2. The summed E-state index contributed by atoms with van der Waals surface area (Å²) in [4.78, 5) is 22.0. The van der Waals surface area contributed by atoms with Crippen LogP contribution in [0.4, 0.5) is 5.82 Å². The van der Waals surface area contributed by atoms with Gasteiger partial charge in [0.25, 0.3) is 5.95 Å². The second-order valence-corrected chi connectivity index (χ2v) is 9.23. The minimum atomic E-state index is -0.152. The van der Waals surface area contributed by atoms with E-state index < -0.39 is 0 Å². The van der Waals surface area contributed by atoms with E-state index in [1.807, 2.05) is 74.5 Å². The number of aromatic nitrogens is 4. The molecule has 1 atom stereocenters. The largest absolute Gasteiger partial charge is 0.481 e. The number of hydrogen-bond acceptors (Lipinski definition) is 6. The van der Waals surface area contributed by atoms with E-state index in [1.54, 1.807) is 16.4 Å². The Balaban J connectivity index is 1.71. The van der Waals surface area contributed by atoms with Gasteiger partial charge in [-0.15, -0.1) is 18.2 Å². The fourth-order valence-electron chi connectivity index (χ4n) is 4.09. The first kappa shape index (κ1) is 22.7. The maximum Gasteiger partial charge on any atom is 0.252 e. The zero-order valence-electron chi connectivity index (χ0n) is 19.4. The lowest BCUT2D eigenvalue weighted by Gasteiger charge is -2.17. The van der Waals surface area contributed by atoms with E-state index >= 15 is 0 Å². The van der Waals surface area contributed by atoms with Crippen LogP contribution in [0.3, 0.4) is 0 Å². The summed E-state index contributed by atoms with van der Waals surface area (Å²) < 4.78 is 7.20. The Morgan fingerprint density at radius 2 is 1.83 bits per heavy atom. The molecule has 35 heavy (non-hydrogen) atoms. The number of anilines is 1. The fourth-order valence-corrected chi connectivity index (χ4v) is 5.22. The first-order chi connectivity index (χ1) is 17.0. The second kappa shape index (κ2) is 9.65. The average molecular weight is 482 g/mol. The molecule has 1 amide bonds. The Hall–Kier alpha value is -4.09. The van der Waals surface area contributed by atoms with E-state index in [-0.39, 0.29) is 17.8 Å². The van der Waals surface area contributed by atoms with Gasteiger partial charge in [-0.2, -0.15) is 9.78 Å². The van der Waals surface area contributed by atoms with Gasteiger partial charge in [-0.05, 0) is 37.6 Å². The van der Waals surface area contributed by atoms with E-state index in [9.17, 15) is 4.79 Å². The summed E-state index contributed by atoms with van der Waals surface area (Å²) in [6.45, 7) is 4.04. The number of benzene rings is 2. The zero-order chi connectivity index (χ0) is 24.4. The Bertz CT molecular complexity index is 1400. The van der Waals surface area contributed by atoms with Crippen LogP contribution in [0.2, 0.25) is 0 Å². The van der Waals surface area contributed by atoms with Crippen molar-refractivity contribution in [1.82, 2.24) is 19.7 Å². The van der Waals surface area contributed by atoms with Crippen LogP contribution >= 0.6 is 11.8 Å². The molecule has 8 heteroatoms. The highest BCUT2D eigenvalue weighted by Gasteiger charge is 2.33. The summed E-state index contributed by atoms with van der Waals surface area (Å²) in [5, 5.41) is 7.86. The van der Waals surface area contributed by atoms with Crippen LogP contribution in [0.5, 0.6) is 5.75 Å². The first-order valence-electron chi connectivity index (χ1n) is 11.1. The lowest BCUT2D eigenvalue weighted by atomic mass is 10.00. The van der Waals surface area contributed by atoms with Crippen LogP contribution in [0, 0.1) is 26.2 Å². The third-order valence-electron chi connectivity index (χ3n) is 5.54. The summed E-state index contributed by atoms with van der Waals surface area (Å²) in [5.41, 5.74) is 5.31. The smallest absolute Gasteiger partial charge is 0.252 e. The average Bonchev–Trinajstić information content (AvgIpc) is 3.13. The van der Waals surface area contributed by atoms with E-state index in [0.29, 0.717) is 23.3 Å². The molecule has 2 aromatic carbocycles. The van der Waals surface area contributed by atoms with Gasteiger partial charge in [0.1, 0.15) is 18.2 Å². The predicted molar refractivity (Wildman–Crippen MR) is 138 cm³/mol. The molecule has 4 aromatic rings. The molecule has 1 aliphatic heterocycles. The molecule has 0 fully saturated rings. The molecular weight excluding hydrogens is 458 g/mol. The van der Waals surface area contributed by atoms with Crippen molar-refractivity contribution in [2.45, 2.75) is 19.1 Å². The number of aryl methyl sites for hydroxylation is 2. The van der Waals surface area contributed by atoms with Crippen molar-refractivity contribution in [3.8, 4) is 35.3 Å². The van der Waals surface area contributed by atoms with Gasteiger partial charge in [0.05, 0.1) is 16.7 Å². The molecule has 0 saturated heterocycles. The number of carbonyl (C=O) groups is 1. The summed E-state index contributed by atoms with van der Waals surface area (Å²) in [6, 6.07) is 19.7. The van der Waals surface area contributed by atoms with Crippen LogP contribution in [0.15, 0.2) is 60.7 Å². The normalized spacial score (nSPS) is 15.0. The highest BCUT2D eigenvalue weighted by atomic mass is 32.2. The van der Waals surface area contributed by atoms with Gasteiger partial charge in [-0.3, -0.25) is 4.79 Å². The van der Waals surface area contributed by atoms with Crippen molar-refractivity contribution in [2.75, 3.05) is 17.7 Å². The number of carbonyl (C=O) groups excluding carboxylic acids is 1. The maximum absolute atomic E-state index is 12.8. The Morgan fingerprint density at radius 1 is 1.11 bits per heavy atom.